The van der Waals surface area contributed by atoms with Gasteiger partial charge >= 0.3 is 0 Å². The van der Waals surface area contributed by atoms with Gasteiger partial charge in [0.05, 0.1) is 5.75 Å². The number of para-hydroxylation sites is 1. The summed E-state index contributed by atoms with van der Waals surface area (Å²) in [4.78, 5) is 0. The van der Waals surface area contributed by atoms with Crippen LogP contribution in [0.2, 0.25) is 0 Å². The lowest BCUT2D eigenvalue weighted by Crippen LogP contribution is -2.06. The van der Waals surface area contributed by atoms with E-state index >= 15 is 0 Å². The predicted molar refractivity (Wildman–Crippen MR) is 78.8 cm³/mol. The van der Waals surface area contributed by atoms with Crippen molar-refractivity contribution in [3.05, 3.63) is 65.7 Å². The van der Waals surface area contributed by atoms with E-state index in [1.165, 1.54) is 6.26 Å². The van der Waals surface area contributed by atoms with Crippen LogP contribution in [0.1, 0.15) is 11.1 Å². The lowest BCUT2D eigenvalue weighted by molar-refractivity contribution is 0.601. The average Bonchev–Trinajstić information content (AvgIpc) is 2.37. The summed E-state index contributed by atoms with van der Waals surface area (Å²) in [5.41, 5.74) is 2.84. The van der Waals surface area contributed by atoms with Crippen LogP contribution in [-0.4, -0.2) is 14.7 Å². The number of anilines is 1. The van der Waals surface area contributed by atoms with Crippen molar-refractivity contribution in [1.82, 2.24) is 0 Å². The molecule has 0 saturated carbocycles. The molecule has 0 aliphatic carbocycles. The summed E-state index contributed by atoms with van der Waals surface area (Å²) >= 11 is 0. The molecule has 100 valence electrons. The molecular weight excluding hydrogens is 258 g/mol. The molecule has 0 amide bonds. The summed E-state index contributed by atoms with van der Waals surface area (Å²) in [6.45, 7) is 0.682. The summed E-state index contributed by atoms with van der Waals surface area (Å²) in [6, 6.07) is 17.5. The zero-order valence-electron chi connectivity index (χ0n) is 10.8. The first-order valence-electron chi connectivity index (χ1n) is 6.08. The van der Waals surface area contributed by atoms with E-state index in [1.54, 1.807) is 0 Å². The molecule has 19 heavy (non-hydrogen) atoms. The van der Waals surface area contributed by atoms with Crippen LogP contribution in [0.3, 0.4) is 0 Å². The van der Waals surface area contributed by atoms with E-state index in [9.17, 15) is 8.42 Å². The number of nitrogens with one attached hydrogen (secondary N) is 1. The third-order valence-electron chi connectivity index (χ3n) is 2.76. The minimum Gasteiger partial charge on any atom is -0.381 e. The van der Waals surface area contributed by atoms with E-state index in [4.69, 9.17) is 0 Å². The molecular formula is C15H17NO2S. The summed E-state index contributed by atoms with van der Waals surface area (Å²) in [6.07, 6.45) is 1.25. The number of hydrogen-bond acceptors (Lipinski definition) is 3. The Morgan fingerprint density at radius 1 is 0.947 bits per heavy atom. The molecule has 0 aliphatic rings. The average molecular weight is 275 g/mol. The fourth-order valence-corrected chi connectivity index (χ4v) is 2.71. The third kappa shape index (κ3) is 4.41. The summed E-state index contributed by atoms with van der Waals surface area (Å²) < 4.78 is 22.8. The van der Waals surface area contributed by atoms with Gasteiger partial charge in [-0.25, -0.2) is 8.42 Å². The Bertz CT molecular complexity index is 636. The van der Waals surface area contributed by atoms with Crippen molar-refractivity contribution in [2.45, 2.75) is 12.3 Å². The lowest BCUT2D eigenvalue weighted by Gasteiger charge is -2.11. The molecule has 0 aromatic heterocycles. The van der Waals surface area contributed by atoms with Crippen LogP contribution >= 0.6 is 0 Å². The van der Waals surface area contributed by atoms with Gasteiger partial charge < -0.3 is 5.32 Å². The van der Waals surface area contributed by atoms with Crippen LogP contribution in [0.15, 0.2) is 54.6 Å². The largest absolute Gasteiger partial charge is 0.381 e. The Labute approximate surface area is 114 Å². The van der Waals surface area contributed by atoms with Gasteiger partial charge in [0, 0.05) is 18.5 Å². The summed E-state index contributed by atoms with van der Waals surface area (Å²) in [5.74, 6) is 0.0605. The van der Waals surface area contributed by atoms with Crippen molar-refractivity contribution in [2.24, 2.45) is 0 Å². The highest BCUT2D eigenvalue weighted by molar-refractivity contribution is 7.89. The van der Waals surface area contributed by atoms with Crippen LogP contribution < -0.4 is 5.32 Å². The first kappa shape index (κ1) is 13.6. The zero-order valence-corrected chi connectivity index (χ0v) is 11.7. The van der Waals surface area contributed by atoms with E-state index in [0.29, 0.717) is 6.54 Å². The van der Waals surface area contributed by atoms with Crippen LogP contribution in [-0.2, 0) is 22.1 Å². The predicted octanol–water partition coefficient (Wildman–Crippen LogP) is 2.84. The lowest BCUT2D eigenvalue weighted by atomic mass is 10.2. The van der Waals surface area contributed by atoms with Gasteiger partial charge in [0.15, 0.2) is 9.84 Å². The third-order valence-corrected chi connectivity index (χ3v) is 3.60. The second-order valence-electron chi connectivity index (χ2n) is 4.57. The van der Waals surface area contributed by atoms with Gasteiger partial charge in [0.25, 0.3) is 0 Å². The molecule has 0 aliphatic heterocycles. The zero-order chi connectivity index (χ0) is 13.7. The van der Waals surface area contributed by atoms with Crippen LogP contribution in [0.5, 0.6) is 0 Å². The highest BCUT2D eigenvalue weighted by atomic mass is 32.2. The smallest absolute Gasteiger partial charge is 0.151 e. The van der Waals surface area contributed by atoms with Gasteiger partial charge in [0.2, 0.25) is 0 Å². The second kappa shape index (κ2) is 5.89. The van der Waals surface area contributed by atoms with Gasteiger partial charge in [0.1, 0.15) is 0 Å². The molecule has 2 rings (SSSR count). The van der Waals surface area contributed by atoms with Crippen molar-refractivity contribution >= 4 is 15.5 Å². The summed E-state index contributed by atoms with van der Waals surface area (Å²) in [5, 5.41) is 3.29. The number of hydrogen-bond donors (Lipinski definition) is 1. The maximum Gasteiger partial charge on any atom is 0.151 e. The second-order valence-corrected chi connectivity index (χ2v) is 6.71. The monoisotopic (exact) mass is 275 g/mol. The number of rotatable bonds is 5. The molecule has 0 radical (unpaired) electrons. The Balaban J connectivity index is 2.12. The van der Waals surface area contributed by atoms with Gasteiger partial charge in [-0.2, -0.15) is 0 Å². The van der Waals surface area contributed by atoms with Crippen LogP contribution in [0, 0.1) is 0 Å². The van der Waals surface area contributed by atoms with Crippen molar-refractivity contribution in [3.8, 4) is 0 Å². The Hall–Kier alpha value is -1.81. The molecule has 1 N–H and O–H groups in total. The standard InChI is InChI=1S/C15H17NO2S/c1-19(17,18)12-14-9-5-6-10-15(14)16-11-13-7-3-2-4-8-13/h2-10,16H,11-12H2,1H3. The van der Waals surface area contributed by atoms with E-state index in [0.717, 1.165) is 16.8 Å². The van der Waals surface area contributed by atoms with E-state index < -0.39 is 9.84 Å². The molecule has 0 saturated heterocycles. The highest BCUT2D eigenvalue weighted by Gasteiger charge is 2.08. The molecule has 2 aromatic rings. The summed E-state index contributed by atoms with van der Waals surface area (Å²) in [7, 11) is -3.02. The van der Waals surface area contributed by atoms with Crippen LogP contribution in [0.4, 0.5) is 5.69 Å². The molecule has 2 aromatic carbocycles. The van der Waals surface area contributed by atoms with Crippen molar-refractivity contribution < 1.29 is 8.42 Å². The van der Waals surface area contributed by atoms with Crippen molar-refractivity contribution in [1.29, 1.82) is 0 Å². The first-order valence-corrected chi connectivity index (χ1v) is 8.14. The quantitative estimate of drug-likeness (QED) is 0.912. The van der Waals surface area contributed by atoms with Gasteiger partial charge in [-0.1, -0.05) is 48.5 Å². The molecule has 4 heteroatoms. The fraction of sp³-hybridized carbons (Fsp3) is 0.200. The van der Waals surface area contributed by atoms with Crippen LogP contribution in [0.25, 0.3) is 0 Å². The van der Waals surface area contributed by atoms with E-state index in [1.807, 2.05) is 54.6 Å². The maximum absolute atomic E-state index is 11.4. The Kier molecular flexibility index (Phi) is 4.22. The molecule has 0 heterocycles. The fourth-order valence-electron chi connectivity index (χ4n) is 1.89. The molecule has 3 nitrogen and oxygen atoms in total. The SMILES string of the molecule is CS(=O)(=O)Cc1ccccc1NCc1ccccc1. The number of benzene rings is 2. The van der Waals surface area contributed by atoms with Crippen molar-refractivity contribution in [2.75, 3.05) is 11.6 Å². The molecule has 0 spiro atoms. The highest BCUT2D eigenvalue weighted by Crippen LogP contribution is 2.18. The Morgan fingerprint density at radius 3 is 2.26 bits per heavy atom. The van der Waals surface area contributed by atoms with E-state index in [2.05, 4.69) is 5.32 Å². The normalized spacial score (nSPS) is 11.2. The van der Waals surface area contributed by atoms with Gasteiger partial charge in [-0.05, 0) is 17.2 Å². The minimum absolute atomic E-state index is 0.0605. The van der Waals surface area contributed by atoms with Gasteiger partial charge in [-0.3, -0.25) is 0 Å². The maximum atomic E-state index is 11.4. The molecule has 0 bridgehead atoms. The number of sulfone groups is 1. The first-order chi connectivity index (χ1) is 9.04. The molecule has 0 atom stereocenters. The minimum atomic E-state index is -3.02. The Morgan fingerprint density at radius 2 is 1.58 bits per heavy atom. The van der Waals surface area contributed by atoms with Gasteiger partial charge in [-0.15, -0.1) is 0 Å². The van der Waals surface area contributed by atoms with Crippen molar-refractivity contribution in [3.63, 3.8) is 0 Å². The van der Waals surface area contributed by atoms with E-state index in [-0.39, 0.29) is 5.75 Å². The molecule has 0 unspecified atom stereocenters. The molecule has 0 fully saturated rings. The topological polar surface area (TPSA) is 46.2 Å².